The largest absolute Gasteiger partial charge is 0.417 e. The standard InChI is InChI=1S/C21H23F5N2O2/c1-3-5-6-13(4-2)11-17(29)27-20(28-30-12-14-7-8-14)18-15(21(24,25)26)9-10-16(22)19(18)23/h4-6,9-10,14H,3,7-8,11-12H2,1-2H3,(H,27,28,29)/b6-5-,13-4+. The van der Waals surface area contributed by atoms with Crippen molar-refractivity contribution in [1.29, 1.82) is 0 Å². The smallest absolute Gasteiger partial charge is 0.394 e. The highest BCUT2D eigenvalue weighted by molar-refractivity contribution is 6.09. The Morgan fingerprint density at radius 2 is 2.00 bits per heavy atom. The highest BCUT2D eigenvalue weighted by atomic mass is 19.4. The Morgan fingerprint density at radius 3 is 2.57 bits per heavy atom. The predicted octanol–water partition coefficient (Wildman–Crippen LogP) is 5.49. The first-order valence-corrected chi connectivity index (χ1v) is 9.54. The molecule has 0 aliphatic heterocycles. The van der Waals surface area contributed by atoms with E-state index in [0.29, 0.717) is 17.7 Å². The van der Waals surface area contributed by atoms with Crippen LogP contribution < -0.4 is 5.32 Å². The fourth-order valence-electron chi connectivity index (χ4n) is 2.53. The summed E-state index contributed by atoms with van der Waals surface area (Å²) in [7, 11) is 0. The third-order valence-corrected chi connectivity index (χ3v) is 4.36. The van der Waals surface area contributed by atoms with E-state index in [1.807, 2.05) is 13.0 Å². The van der Waals surface area contributed by atoms with Gasteiger partial charge in [0, 0.05) is 0 Å². The average Bonchev–Trinajstić information content (AvgIpc) is 3.49. The van der Waals surface area contributed by atoms with Crippen molar-refractivity contribution in [3.8, 4) is 0 Å². The number of halogens is 5. The Labute approximate surface area is 171 Å². The van der Waals surface area contributed by atoms with Crippen LogP contribution in [0.25, 0.3) is 0 Å². The van der Waals surface area contributed by atoms with Crippen molar-refractivity contribution in [2.75, 3.05) is 6.61 Å². The van der Waals surface area contributed by atoms with Gasteiger partial charge in [0.05, 0.1) is 17.5 Å². The first-order valence-electron chi connectivity index (χ1n) is 9.54. The van der Waals surface area contributed by atoms with Crippen LogP contribution in [-0.2, 0) is 15.8 Å². The number of carbonyl (C=O) groups excluding carboxylic acids is 1. The zero-order valence-electron chi connectivity index (χ0n) is 16.7. The van der Waals surface area contributed by atoms with Crippen LogP contribution in [0.4, 0.5) is 22.0 Å². The summed E-state index contributed by atoms with van der Waals surface area (Å²) >= 11 is 0. The van der Waals surface area contributed by atoms with Crippen LogP contribution in [0.5, 0.6) is 0 Å². The van der Waals surface area contributed by atoms with Gasteiger partial charge in [-0.25, -0.2) is 8.78 Å². The van der Waals surface area contributed by atoms with Crippen LogP contribution in [-0.4, -0.2) is 18.3 Å². The van der Waals surface area contributed by atoms with E-state index in [1.165, 1.54) is 0 Å². The number of nitrogens with one attached hydrogen (secondary N) is 1. The average molecular weight is 430 g/mol. The molecule has 0 radical (unpaired) electrons. The summed E-state index contributed by atoms with van der Waals surface area (Å²) in [5, 5.41) is 5.68. The van der Waals surface area contributed by atoms with Crippen LogP contribution in [0.2, 0.25) is 0 Å². The number of rotatable bonds is 8. The second kappa shape index (κ2) is 10.4. The van der Waals surface area contributed by atoms with Crippen molar-refractivity contribution in [3.63, 3.8) is 0 Å². The monoisotopic (exact) mass is 430 g/mol. The fourth-order valence-corrected chi connectivity index (χ4v) is 2.53. The first kappa shape index (κ1) is 23.6. The van der Waals surface area contributed by atoms with E-state index in [4.69, 9.17) is 4.84 Å². The van der Waals surface area contributed by atoms with E-state index in [9.17, 15) is 26.7 Å². The Kier molecular flexibility index (Phi) is 8.14. The van der Waals surface area contributed by atoms with E-state index in [1.54, 1.807) is 19.1 Å². The van der Waals surface area contributed by atoms with Crippen LogP contribution in [0.1, 0.15) is 50.7 Å². The predicted molar refractivity (Wildman–Crippen MR) is 103 cm³/mol. The molecular weight excluding hydrogens is 407 g/mol. The number of oxime groups is 1. The molecule has 4 nitrogen and oxygen atoms in total. The molecule has 0 spiro atoms. The zero-order valence-corrected chi connectivity index (χ0v) is 16.7. The molecule has 1 amide bonds. The number of amidine groups is 1. The fraction of sp³-hybridized carbons (Fsp3) is 0.429. The zero-order chi connectivity index (χ0) is 22.3. The van der Waals surface area contributed by atoms with Gasteiger partial charge in [0.1, 0.15) is 6.61 Å². The topological polar surface area (TPSA) is 50.7 Å². The first-order chi connectivity index (χ1) is 14.2. The molecule has 1 aliphatic carbocycles. The van der Waals surface area contributed by atoms with Gasteiger partial charge in [0.15, 0.2) is 17.5 Å². The lowest BCUT2D eigenvalue weighted by Gasteiger charge is -2.16. The number of allylic oxidation sites excluding steroid dienone is 3. The molecule has 0 atom stereocenters. The number of amides is 1. The maximum Gasteiger partial charge on any atom is 0.417 e. The summed E-state index contributed by atoms with van der Waals surface area (Å²) in [6.07, 6.45) is 2.48. The minimum absolute atomic E-state index is 0.108. The molecule has 1 fully saturated rings. The quantitative estimate of drug-likeness (QED) is 0.195. The van der Waals surface area contributed by atoms with Crippen LogP contribution in [0.3, 0.4) is 0 Å². The summed E-state index contributed by atoms with van der Waals surface area (Å²) in [5.74, 6) is -4.62. The van der Waals surface area contributed by atoms with Crippen LogP contribution in [0, 0.1) is 17.6 Å². The van der Waals surface area contributed by atoms with Crippen molar-refractivity contribution in [2.45, 2.75) is 45.7 Å². The Bertz CT molecular complexity index is 856. The van der Waals surface area contributed by atoms with E-state index in [0.717, 1.165) is 19.3 Å². The molecule has 1 aromatic carbocycles. The maximum atomic E-state index is 14.4. The third kappa shape index (κ3) is 6.67. The molecule has 164 valence electrons. The third-order valence-electron chi connectivity index (χ3n) is 4.36. The van der Waals surface area contributed by atoms with Crippen molar-refractivity contribution >= 4 is 11.7 Å². The summed E-state index contributed by atoms with van der Waals surface area (Å²) in [6.45, 7) is 3.71. The molecule has 1 aliphatic rings. The summed E-state index contributed by atoms with van der Waals surface area (Å²) in [4.78, 5) is 17.4. The minimum Gasteiger partial charge on any atom is -0.394 e. The van der Waals surface area contributed by atoms with Crippen molar-refractivity contribution in [1.82, 2.24) is 5.32 Å². The Hall–Kier alpha value is -2.71. The maximum absolute atomic E-state index is 14.4. The normalized spacial score (nSPS) is 15.6. The summed E-state index contributed by atoms with van der Waals surface area (Å²) in [6, 6.07) is 0.775. The highest BCUT2D eigenvalue weighted by Gasteiger charge is 2.38. The lowest BCUT2D eigenvalue weighted by molar-refractivity contribution is -0.138. The second-order valence-corrected chi connectivity index (χ2v) is 6.86. The molecule has 0 aromatic heterocycles. The lowest BCUT2D eigenvalue weighted by atomic mass is 10.0. The minimum atomic E-state index is -5.00. The molecule has 0 heterocycles. The molecular formula is C21H23F5N2O2. The van der Waals surface area contributed by atoms with Gasteiger partial charge in [-0.3, -0.25) is 4.79 Å². The number of hydrogen-bond acceptors (Lipinski definition) is 3. The van der Waals surface area contributed by atoms with Gasteiger partial charge in [0.2, 0.25) is 5.91 Å². The van der Waals surface area contributed by atoms with Gasteiger partial charge >= 0.3 is 6.18 Å². The van der Waals surface area contributed by atoms with Crippen molar-refractivity contribution in [2.24, 2.45) is 11.1 Å². The van der Waals surface area contributed by atoms with E-state index >= 15 is 0 Å². The number of carbonyl (C=O) groups is 1. The Balaban J connectivity index is 2.37. The van der Waals surface area contributed by atoms with E-state index in [2.05, 4.69) is 10.5 Å². The van der Waals surface area contributed by atoms with Gasteiger partial charge in [-0.1, -0.05) is 30.3 Å². The number of benzene rings is 1. The molecule has 0 saturated heterocycles. The number of alkyl halides is 3. The molecule has 0 unspecified atom stereocenters. The van der Waals surface area contributed by atoms with Gasteiger partial charge in [0.25, 0.3) is 0 Å². The molecule has 30 heavy (non-hydrogen) atoms. The molecule has 9 heteroatoms. The summed E-state index contributed by atoms with van der Waals surface area (Å²) < 4.78 is 68.4. The van der Waals surface area contributed by atoms with Gasteiger partial charge in [-0.05, 0) is 49.8 Å². The molecule has 2 rings (SSSR count). The van der Waals surface area contributed by atoms with Gasteiger partial charge < -0.3 is 10.2 Å². The lowest BCUT2D eigenvalue weighted by Crippen LogP contribution is -2.34. The highest BCUT2D eigenvalue weighted by Crippen LogP contribution is 2.34. The molecule has 1 saturated carbocycles. The molecule has 0 bridgehead atoms. The number of hydrogen-bond donors (Lipinski definition) is 1. The molecule has 1 N–H and O–H groups in total. The van der Waals surface area contributed by atoms with Crippen molar-refractivity contribution in [3.05, 3.63) is 58.7 Å². The Morgan fingerprint density at radius 1 is 1.30 bits per heavy atom. The van der Waals surface area contributed by atoms with Crippen molar-refractivity contribution < 1.29 is 31.6 Å². The van der Waals surface area contributed by atoms with E-state index in [-0.39, 0.29) is 18.9 Å². The van der Waals surface area contributed by atoms with Gasteiger partial charge in [-0.2, -0.15) is 13.2 Å². The number of nitrogens with zero attached hydrogens (tertiary/aromatic N) is 1. The second-order valence-electron chi connectivity index (χ2n) is 6.86. The van der Waals surface area contributed by atoms with Gasteiger partial charge in [-0.15, -0.1) is 0 Å². The van der Waals surface area contributed by atoms with Crippen LogP contribution in [0.15, 0.2) is 41.1 Å². The molecule has 1 aromatic rings. The SMILES string of the molecule is C/C=C(\C=C/CC)CC(=O)N/C(=N\OCC1CC1)c1c(C(F)(F)F)ccc(F)c1F. The summed E-state index contributed by atoms with van der Waals surface area (Å²) in [5.41, 5.74) is -2.06. The van der Waals surface area contributed by atoms with E-state index < -0.39 is 40.7 Å². The van der Waals surface area contributed by atoms with Crippen LogP contribution >= 0.6 is 0 Å².